The first-order valence-corrected chi connectivity index (χ1v) is 9.71. The van der Waals surface area contributed by atoms with E-state index in [0.717, 1.165) is 11.1 Å². The second-order valence-corrected chi connectivity index (χ2v) is 7.05. The van der Waals surface area contributed by atoms with Gasteiger partial charge >= 0.3 is 6.16 Å². The molecule has 2 saturated heterocycles. The Bertz CT molecular complexity index is 814. The first-order valence-electron chi connectivity index (χ1n) is 9.71. The summed E-state index contributed by atoms with van der Waals surface area (Å²) in [5.74, 6) is 0. The van der Waals surface area contributed by atoms with E-state index in [1.807, 2.05) is 60.7 Å². The average molecular weight is 416 g/mol. The molecule has 2 fully saturated rings. The Hall–Kier alpha value is -2.49. The van der Waals surface area contributed by atoms with Crippen LogP contribution in [-0.4, -0.2) is 55.7 Å². The molecule has 0 amide bonds. The molecule has 8 heteroatoms. The second kappa shape index (κ2) is 9.55. The van der Waals surface area contributed by atoms with Crippen molar-refractivity contribution in [1.82, 2.24) is 0 Å². The Balaban J connectivity index is 1.45. The van der Waals surface area contributed by atoms with Crippen molar-refractivity contribution in [1.29, 1.82) is 0 Å². The molecule has 2 aromatic carbocycles. The number of aliphatic hydroxyl groups is 1. The van der Waals surface area contributed by atoms with E-state index in [2.05, 4.69) is 0 Å². The standard InChI is InChI=1S/C22H24O8/c1-25-21-17(23)19(30-22(24)27-12-14-8-4-2-5-9-14)18-16(28-21)13-26-20(29-18)15-10-6-3-7-11-15/h2-11,16-21,23H,12-13H2,1H3/t16-,17-,18-,19-,20?,21+/m1/s1. The smallest absolute Gasteiger partial charge is 0.429 e. The lowest BCUT2D eigenvalue weighted by Gasteiger charge is -2.46. The first kappa shape index (κ1) is 20.8. The molecular formula is C22H24O8. The van der Waals surface area contributed by atoms with Crippen LogP contribution in [0.4, 0.5) is 4.79 Å². The van der Waals surface area contributed by atoms with Gasteiger partial charge in [-0.3, -0.25) is 0 Å². The van der Waals surface area contributed by atoms with E-state index in [9.17, 15) is 9.90 Å². The minimum Gasteiger partial charge on any atom is -0.429 e. The lowest BCUT2D eigenvalue weighted by atomic mass is 9.97. The summed E-state index contributed by atoms with van der Waals surface area (Å²) in [6.45, 7) is 0.243. The number of benzene rings is 2. The maximum atomic E-state index is 12.3. The maximum Gasteiger partial charge on any atom is 0.509 e. The topological polar surface area (TPSA) is 92.7 Å². The van der Waals surface area contributed by atoms with Crippen molar-refractivity contribution in [3.05, 3.63) is 71.8 Å². The summed E-state index contributed by atoms with van der Waals surface area (Å²) in [4.78, 5) is 12.3. The monoisotopic (exact) mass is 416 g/mol. The fraction of sp³-hybridized carbons (Fsp3) is 0.409. The van der Waals surface area contributed by atoms with Gasteiger partial charge in [-0.05, 0) is 5.56 Å². The number of fused-ring (bicyclic) bond motifs is 1. The highest BCUT2D eigenvalue weighted by Gasteiger charge is 2.52. The van der Waals surface area contributed by atoms with Gasteiger partial charge in [0.15, 0.2) is 18.7 Å². The van der Waals surface area contributed by atoms with Crippen molar-refractivity contribution >= 4 is 6.16 Å². The summed E-state index contributed by atoms with van der Waals surface area (Å²) in [7, 11) is 1.40. The highest BCUT2D eigenvalue weighted by Crippen LogP contribution is 2.35. The summed E-state index contributed by atoms with van der Waals surface area (Å²) < 4.78 is 33.4. The summed E-state index contributed by atoms with van der Waals surface area (Å²) >= 11 is 0. The number of carbonyl (C=O) groups is 1. The fourth-order valence-electron chi connectivity index (χ4n) is 3.53. The molecule has 8 nitrogen and oxygen atoms in total. The molecule has 2 aliphatic heterocycles. The summed E-state index contributed by atoms with van der Waals surface area (Å²) in [6, 6.07) is 18.6. The number of hydrogen-bond acceptors (Lipinski definition) is 8. The largest absolute Gasteiger partial charge is 0.509 e. The number of aliphatic hydroxyl groups excluding tert-OH is 1. The number of carbonyl (C=O) groups excluding carboxylic acids is 1. The minimum atomic E-state index is -1.25. The summed E-state index contributed by atoms with van der Waals surface area (Å²) in [5, 5.41) is 10.7. The van der Waals surface area contributed by atoms with Crippen LogP contribution in [0.2, 0.25) is 0 Å². The van der Waals surface area contributed by atoms with Crippen LogP contribution in [0.1, 0.15) is 17.4 Å². The molecule has 1 N–H and O–H groups in total. The molecule has 160 valence electrons. The average Bonchev–Trinajstić information content (AvgIpc) is 2.80. The van der Waals surface area contributed by atoms with Crippen molar-refractivity contribution in [2.75, 3.05) is 13.7 Å². The van der Waals surface area contributed by atoms with Gasteiger partial charge in [0.25, 0.3) is 0 Å². The zero-order chi connectivity index (χ0) is 20.9. The highest BCUT2D eigenvalue weighted by molar-refractivity contribution is 5.60. The van der Waals surface area contributed by atoms with Crippen LogP contribution in [0.5, 0.6) is 0 Å². The van der Waals surface area contributed by atoms with Gasteiger partial charge in [0.05, 0.1) is 6.61 Å². The third-order valence-corrected chi connectivity index (χ3v) is 5.04. The van der Waals surface area contributed by atoms with Crippen molar-refractivity contribution in [2.45, 2.75) is 43.6 Å². The SMILES string of the molecule is CO[C@H]1O[C@@H]2COC(c3ccccc3)O[C@H]2[C@H](OC(=O)OCc2ccccc2)[C@H]1O. The van der Waals surface area contributed by atoms with Crippen molar-refractivity contribution in [3.8, 4) is 0 Å². The van der Waals surface area contributed by atoms with E-state index in [-0.39, 0.29) is 13.2 Å². The zero-order valence-electron chi connectivity index (χ0n) is 16.5. The summed E-state index contributed by atoms with van der Waals surface area (Å²) in [6.07, 6.45) is -6.21. The van der Waals surface area contributed by atoms with E-state index in [1.165, 1.54) is 7.11 Å². The molecule has 4 rings (SSSR count). The zero-order valence-corrected chi connectivity index (χ0v) is 16.5. The maximum absolute atomic E-state index is 12.3. The van der Waals surface area contributed by atoms with Crippen LogP contribution >= 0.6 is 0 Å². The molecule has 0 bridgehead atoms. The summed E-state index contributed by atoms with van der Waals surface area (Å²) in [5.41, 5.74) is 1.63. The van der Waals surface area contributed by atoms with E-state index in [0.29, 0.717) is 0 Å². The van der Waals surface area contributed by atoms with Gasteiger partial charge in [0, 0.05) is 12.7 Å². The van der Waals surface area contributed by atoms with Gasteiger partial charge in [0.1, 0.15) is 24.9 Å². The van der Waals surface area contributed by atoms with Crippen LogP contribution in [0.25, 0.3) is 0 Å². The van der Waals surface area contributed by atoms with Gasteiger partial charge < -0.3 is 33.5 Å². The molecule has 2 heterocycles. The first-order chi connectivity index (χ1) is 14.7. The van der Waals surface area contributed by atoms with Crippen LogP contribution in [-0.2, 0) is 35.0 Å². The lowest BCUT2D eigenvalue weighted by molar-refractivity contribution is -0.358. The molecule has 0 aromatic heterocycles. The van der Waals surface area contributed by atoms with E-state index in [4.69, 9.17) is 28.4 Å². The molecule has 0 aliphatic carbocycles. The quantitative estimate of drug-likeness (QED) is 0.744. The Morgan fingerprint density at radius 2 is 1.77 bits per heavy atom. The molecule has 6 atom stereocenters. The van der Waals surface area contributed by atoms with Crippen molar-refractivity contribution in [2.24, 2.45) is 0 Å². The van der Waals surface area contributed by atoms with Crippen molar-refractivity contribution in [3.63, 3.8) is 0 Å². The Morgan fingerprint density at radius 1 is 1.07 bits per heavy atom. The Kier molecular flexibility index (Phi) is 6.61. The van der Waals surface area contributed by atoms with E-state index >= 15 is 0 Å². The second-order valence-electron chi connectivity index (χ2n) is 7.05. The minimum absolute atomic E-state index is 0.0530. The van der Waals surface area contributed by atoms with Crippen LogP contribution in [0.3, 0.4) is 0 Å². The predicted octanol–water partition coefficient (Wildman–Crippen LogP) is 2.55. The van der Waals surface area contributed by atoms with E-state index in [1.54, 1.807) is 0 Å². The number of ether oxygens (including phenoxy) is 6. The van der Waals surface area contributed by atoms with Crippen LogP contribution in [0, 0.1) is 0 Å². The number of hydrogen-bond donors (Lipinski definition) is 1. The van der Waals surface area contributed by atoms with Crippen LogP contribution < -0.4 is 0 Å². The van der Waals surface area contributed by atoms with E-state index < -0.39 is 43.2 Å². The van der Waals surface area contributed by atoms with Gasteiger partial charge in [-0.2, -0.15) is 0 Å². The Labute approximate surface area is 174 Å². The molecule has 0 saturated carbocycles. The molecule has 0 spiro atoms. The predicted molar refractivity (Wildman–Crippen MR) is 103 cm³/mol. The van der Waals surface area contributed by atoms with Gasteiger partial charge in [-0.1, -0.05) is 60.7 Å². The van der Waals surface area contributed by atoms with Crippen molar-refractivity contribution < 1.29 is 38.3 Å². The third-order valence-electron chi connectivity index (χ3n) is 5.04. The number of methoxy groups -OCH3 is 1. The van der Waals surface area contributed by atoms with Gasteiger partial charge in [-0.15, -0.1) is 0 Å². The molecular weight excluding hydrogens is 392 g/mol. The Morgan fingerprint density at radius 3 is 2.47 bits per heavy atom. The highest BCUT2D eigenvalue weighted by atomic mass is 16.8. The van der Waals surface area contributed by atoms with Gasteiger partial charge in [0.2, 0.25) is 0 Å². The lowest BCUT2D eigenvalue weighted by Crippen LogP contribution is -2.63. The third kappa shape index (κ3) is 4.63. The molecule has 2 aromatic rings. The molecule has 0 radical (unpaired) electrons. The molecule has 30 heavy (non-hydrogen) atoms. The molecule has 2 aliphatic rings. The van der Waals surface area contributed by atoms with Crippen LogP contribution in [0.15, 0.2) is 60.7 Å². The molecule has 1 unspecified atom stereocenters. The van der Waals surface area contributed by atoms with Gasteiger partial charge in [-0.25, -0.2) is 4.79 Å². The fourth-order valence-corrected chi connectivity index (χ4v) is 3.53. The normalized spacial score (nSPS) is 30.9. The number of rotatable bonds is 5.